The number of hydrogen-bond acceptors (Lipinski definition) is 8. The van der Waals surface area contributed by atoms with Crippen LogP contribution in [0.25, 0.3) is 0 Å². The third kappa shape index (κ3) is 3.43. The van der Waals surface area contributed by atoms with Crippen molar-refractivity contribution >= 4 is 16.3 Å². The maximum atomic E-state index is 12.1. The highest BCUT2D eigenvalue weighted by Gasteiger charge is 2.43. The highest BCUT2D eigenvalue weighted by molar-refractivity contribution is 8.30. The predicted molar refractivity (Wildman–Crippen MR) is 103 cm³/mol. The Hall–Kier alpha value is -3.72. The zero-order valence-electron chi connectivity index (χ0n) is 15.1. The van der Waals surface area contributed by atoms with E-state index in [-0.39, 0.29) is 14.7 Å². The molecule has 6 N–H and O–H groups in total. The summed E-state index contributed by atoms with van der Waals surface area (Å²) in [6, 6.07) is 11.6. The largest absolute Gasteiger partial charge is 0.508 e. The monoisotopic (exact) mass is 418 g/mol. The van der Waals surface area contributed by atoms with Crippen LogP contribution in [0.1, 0.15) is 6.92 Å². The normalized spacial score (nSPS) is 11.8. The quantitative estimate of drug-likeness (QED) is 0.376. The Morgan fingerprint density at radius 2 is 1.10 bits per heavy atom. The topological polar surface area (TPSA) is 148 Å². The van der Waals surface area contributed by atoms with E-state index in [1.807, 2.05) is 0 Å². The van der Waals surface area contributed by atoms with Crippen molar-refractivity contribution in [2.75, 3.05) is 0 Å². The van der Waals surface area contributed by atoms with Crippen molar-refractivity contribution in [3.63, 3.8) is 0 Å². The number of hydrogen-bond donors (Lipinski definition) is 6. The molecular formula is C20H18O8S. The first-order valence-electron chi connectivity index (χ1n) is 8.25. The Bertz CT molecular complexity index is 978. The number of phenolic OH excluding ortho intramolecular Hbond substituents is 6. The second-order valence-corrected chi connectivity index (χ2v) is 8.64. The van der Waals surface area contributed by atoms with Crippen LogP contribution in [0.3, 0.4) is 0 Å². The zero-order chi connectivity index (χ0) is 21.3. The minimum Gasteiger partial charge on any atom is -0.508 e. The molecular weight excluding hydrogens is 400 g/mol. The van der Waals surface area contributed by atoms with Crippen molar-refractivity contribution in [3.05, 3.63) is 54.6 Å². The maximum Gasteiger partial charge on any atom is 0.313 e. The molecule has 0 heterocycles. The molecule has 3 aromatic rings. The molecule has 8 nitrogen and oxygen atoms in total. The van der Waals surface area contributed by atoms with Gasteiger partial charge in [-0.1, -0.05) is 18.2 Å². The molecule has 0 radical (unpaired) electrons. The van der Waals surface area contributed by atoms with E-state index in [4.69, 9.17) is 4.18 Å². The SMILES string of the molecule is CC(=O)OS(c1ccccc1)(c1c(O)cc(O)cc1O)c1c(O)cc(O)cc1O. The van der Waals surface area contributed by atoms with Crippen LogP contribution in [0.2, 0.25) is 0 Å². The van der Waals surface area contributed by atoms with Gasteiger partial charge < -0.3 is 34.8 Å². The number of phenols is 6. The van der Waals surface area contributed by atoms with E-state index in [2.05, 4.69) is 0 Å². The van der Waals surface area contributed by atoms with Gasteiger partial charge in [0.2, 0.25) is 0 Å². The van der Waals surface area contributed by atoms with Crippen LogP contribution in [0.15, 0.2) is 69.3 Å². The molecule has 0 aliphatic rings. The molecule has 0 aliphatic carbocycles. The molecule has 0 bridgehead atoms. The van der Waals surface area contributed by atoms with Crippen molar-refractivity contribution in [2.45, 2.75) is 21.6 Å². The summed E-state index contributed by atoms with van der Waals surface area (Å²) >= 11 is 0. The van der Waals surface area contributed by atoms with Gasteiger partial charge in [0.05, 0.1) is 0 Å². The van der Waals surface area contributed by atoms with Gasteiger partial charge >= 0.3 is 5.97 Å². The first-order chi connectivity index (χ1) is 13.7. The van der Waals surface area contributed by atoms with E-state index in [0.29, 0.717) is 0 Å². The lowest BCUT2D eigenvalue weighted by Gasteiger charge is -2.40. The molecule has 0 unspecified atom stereocenters. The summed E-state index contributed by atoms with van der Waals surface area (Å²) in [5.41, 5.74) is 0. The van der Waals surface area contributed by atoms with Gasteiger partial charge in [0.15, 0.2) is 0 Å². The van der Waals surface area contributed by atoms with E-state index in [0.717, 1.165) is 31.2 Å². The summed E-state index contributed by atoms with van der Waals surface area (Å²) in [4.78, 5) is 11.7. The van der Waals surface area contributed by atoms with Crippen molar-refractivity contribution in [1.29, 1.82) is 0 Å². The molecule has 0 atom stereocenters. The number of benzene rings is 3. The van der Waals surface area contributed by atoms with Crippen molar-refractivity contribution in [2.24, 2.45) is 0 Å². The molecule has 9 heteroatoms. The lowest BCUT2D eigenvalue weighted by Crippen LogP contribution is -2.12. The van der Waals surface area contributed by atoms with E-state index in [9.17, 15) is 35.4 Å². The highest BCUT2D eigenvalue weighted by atomic mass is 32.3. The summed E-state index contributed by atoms with van der Waals surface area (Å²) in [5, 5.41) is 61.7. The summed E-state index contributed by atoms with van der Waals surface area (Å²) in [6.45, 7) is 1.09. The Labute approximate surface area is 167 Å². The van der Waals surface area contributed by atoms with Gasteiger partial charge in [-0.15, -0.1) is 0 Å². The lowest BCUT2D eigenvalue weighted by molar-refractivity contribution is -0.131. The minimum absolute atomic E-state index is 0.239. The molecule has 0 fully saturated rings. The lowest BCUT2D eigenvalue weighted by atomic mass is 10.3. The van der Waals surface area contributed by atoms with Crippen LogP contribution >= 0.6 is 10.3 Å². The van der Waals surface area contributed by atoms with Gasteiger partial charge in [0.25, 0.3) is 0 Å². The third-order valence-corrected chi connectivity index (χ3v) is 7.37. The fraction of sp³-hybridized carbons (Fsp3) is 0.0500. The highest BCUT2D eigenvalue weighted by Crippen LogP contribution is 2.76. The van der Waals surface area contributed by atoms with Crippen LogP contribution in [0.5, 0.6) is 34.5 Å². The average Bonchev–Trinajstić information content (AvgIpc) is 2.59. The molecule has 152 valence electrons. The molecule has 0 aromatic heterocycles. The predicted octanol–water partition coefficient (Wildman–Crippen LogP) is 3.68. The molecule has 0 saturated carbocycles. The maximum absolute atomic E-state index is 12.1. The smallest absolute Gasteiger partial charge is 0.313 e. The van der Waals surface area contributed by atoms with Crippen LogP contribution in [-0.2, 0) is 8.98 Å². The number of aromatic hydroxyl groups is 6. The average molecular weight is 418 g/mol. The molecule has 0 saturated heterocycles. The van der Waals surface area contributed by atoms with Crippen molar-refractivity contribution < 1.29 is 39.6 Å². The second kappa shape index (κ2) is 7.36. The van der Waals surface area contributed by atoms with Crippen LogP contribution in [-0.4, -0.2) is 36.6 Å². The van der Waals surface area contributed by atoms with Gasteiger partial charge in [0, 0.05) is 46.4 Å². The molecule has 0 spiro atoms. The Morgan fingerprint density at radius 1 is 0.724 bits per heavy atom. The summed E-state index contributed by atoms with van der Waals surface area (Å²) in [6.07, 6.45) is 0. The van der Waals surface area contributed by atoms with Gasteiger partial charge in [-0.05, 0) is 12.1 Å². The van der Waals surface area contributed by atoms with Gasteiger partial charge in [-0.3, -0.25) is 4.79 Å². The fourth-order valence-corrected chi connectivity index (χ4v) is 6.26. The molecule has 29 heavy (non-hydrogen) atoms. The first-order valence-corrected chi connectivity index (χ1v) is 9.81. The summed E-state index contributed by atoms with van der Waals surface area (Å²) in [7, 11) is -3.46. The number of rotatable bonds is 4. The van der Waals surface area contributed by atoms with Crippen molar-refractivity contribution in [1.82, 2.24) is 0 Å². The van der Waals surface area contributed by atoms with E-state index in [1.54, 1.807) is 18.2 Å². The van der Waals surface area contributed by atoms with Gasteiger partial charge in [-0.2, -0.15) is 0 Å². The van der Waals surface area contributed by atoms with Gasteiger partial charge in [-0.25, -0.2) is 0 Å². The van der Waals surface area contributed by atoms with E-state index >= 15 is 0 Å². The van der Waals surface area contributed by atoms with Crippen molar-refractivity contribution in [3.8, 4) is 34.5 Å². The summed E-state index contributed by atoms with van der Waals surface area (Å²) < 4.78 is 5.64. The van der Waals surface area contributed by atoms with Crippen LogP contribution in [0, 0.1) is 0 Å². The van der Waals surface area contributed by atoms with Crippen LogP contribution < -0.4 is 0 Å². The summed E-state index contributed by atoms with van der Waals surface area (Å²) in [5.74, 6) is -4.25. The number of carbonyl (C=O) groups is 1. The van der Waals surface area contributed by atoms with E-state index < -0.39 is 50.8 Å². The first kappa shape index (κ1) is 20.0. The number of carbonyl (C=O) groups excluding carboxylic acids is 1. The third-order valence-electron chi connectivity index (χ3n) is 3.96. The zero-order valence-corrected chi connectivity index (χ0v) is 15.9. The van der Waals surface area contributed by atoms with Crippen LogP contribution in [0.4, 0.5) is 0 Å². The minimum atomic E-state index is -3.46. The molecule has 0 amide bonds. The Kier molecular flexibility index (Phi) is 5.08. The molecule has 0 aliphatic heterocycles. The molecule has 3 aromatic carbocycles. The Morgan fingerprint density at radius 3 is 1.45 bits per heavy atom. The van der Waals surface area contributed by atoms with E-state index in [1.165, 1.54) is 12.1 Å². The Balaban J connectivity index is 2.56. The fourth-order valence-electron chi connectivity index (χ4n) is 3.01. The van der Waals surface area contributed by atoms with Gasteiger partial charge in [0.1, 0.15) is 44.3 Å². The standard InChI is InChI=1S/C20H18O8S/c1-11(21)28-29(14-5-3-2-4-6-14,19-15(24)7-12(22)8-16(19)25)20-17(26)9-13(23)10-18(20)27/h2-10,22-27H,1H3. The second-order valence-electron chi connectivity index (χ2n) is 6.07. The molecule has 3 rings (SSSR count).